The predicted molar refractivity (Wildman–Crippen MR) is 81.0 cm³/mol. The Hall–Kier alpha value is -3.15. The third-order valence-corrected chi connectivity index (χ3v) is 3.51. The molecular formula is C16H13N5O. The maximum absolute atomic E-state index is 7.96. The summed E-state index contributed by atoms with van der Waals surface area (Å²) >= 11 is 0. The highest BCUT2D eigenvalue weighted by atomic mass is 16.3. The van der Waals surface area contributed by atoms with Gasteiger partial charge in [0, 0.05) is 0 Å². The molecular weight excluding hydrogens is 278 g/mol. The number of nitrogens with one attached hydrogen (secondary N) is 2. The van der Waals surface area contributed by atoms with Gasteiger partial charge >= 0.3 is 0 Å². The first-order valence-electron chi connectivity index (χ1n) is 6.87. The summed E-state index contributed by atoms with van der Waals surface area (Å²) in [6.45, 7) is 0.653. The molecule has 0 bridgehead atoms. The average molecular weight is 291 g/mol. The van der Waals surface area contributed by atoms with E-state index in [1.807, 2.05) is 28.8 Å². The van der Waals surface area contributed by atoms with Gasteiger partial charge < -0.3 is 14.0 Å². The molecule has 108 valence electrons. The number of hydrogen-bond acceptors (Lipinski definition) is 4. The molecule has 0 aliphatic rings. The Kier molecular flexibility index (Phi) is 2.86. The summed E-state index contributed by atoms with van der Waals surface area (Å²) in [6.07, 6.45) is 4.87. The number of aromatic amines is 1. The summed E-state index contributed by atoms with van der Waals surface area (Å²) < 4.78 is 7.03. The van der Waals surface area contributed by atoms with Gasteiger partial charge in [-0.15, -0.1) is 0 Å². The lowest BCUT2D eigenvalue weighted by molar-refractivity contribution is 0.568. The molecule has 4 rings (SSSR count). The highest BCUT2D eigenvalue weighted by Crippen LogP contribution is 2.19. The van der Waals surface area contributed by atoms with E-state index in [0.717, 1.165) is 11.1 Å². The van der Waals surface area contributed by atoms with Crippen LogP contribution in [0.3, 0.4) is 0 Å². The molecule has 1 aromatic carbocycles. The van der Waals surface area contributed by atoms with Crippen molar-refractivity contribution in [2.75, 3.05) is 0 Å². The first-order chi connectivity index (χ1) is 10.8. The van der Waals surface area contributed by atoms with Crippen molar-refractivity contribution in [1.29, 1.82) is 5.41 Å². The Morgan fingerprint density at radius 2 is 2.05 bits per heavy atom. The van der Waals surface area contributed by atoms with Gasteiger partial charge in [-0.2, -0.15) is 0 Å². The quantitative estimate of drug-likeness (QED) is 0.608. The average Bonchev–Trinajstić information content (AvgIpc) is 3.20. The number of H-pyrrole nitrogens is 1. The maximum atomic E-state index is 7.96. The summed E-state index contributed by atoms with van der Waals surface area (Å²) in [5.74, 6) is 0.673. The van der Waals surface area contributed by atoms with Gasteiger partial charge in [0.05, 0.1) is 24.7 Å². The number of imidazole rings is 1. The van der Waals surface area contributed by atoms with Gasteiger partial charge in [0.2, 0.25) is 0 Å². The van der Waals surface area contributed by atoms with E-state index in [1.54, 1.807) is 18.9 Å². The van der Waals surface area contributed by atoms with Crippen LogP contribution in [0.2, 0.25) is 0 Å². The van der Waals surface area contributed by atoms with Gasteiger partial charge in [-0.1, -0.05) is 30.3 Å². The lowest BCUT2D eigenvalue weighted by Gasteiger charge is -2.06. The molecule has 2 N–H and O–H groups in total. The molecule has 6 heteroatoms. The standard InChI is InChI=1S/C16H13N5O/c17-14-13-16(20-15(19-13)12-6-7-22-9-12)21(10-18-14)8-11-4-2-1-3-5-11/h1-7,9-10,17H,8H2,(H,19,20). The zero-order chi connectivity index (χ0) is 14.9. The predicted octanol–water partition coefficient (Wildman–Crippen LogP) is 2.55. The summed E-state index contributed by atoms with van der Waals surface area (Å²) in [7, 11) is 0. The largest absolute Gasteiger partial charge is 0.472 e. The van der Waals surface area contributed by atoms with E-state index in [9.17, 15) is 0 Å². The number of furan rings is 1. The molecule has 3 aromatic heterocycles. The Bertz CT molecular complexity index is 967. The Labute approximate surface area is 125 Å². The fourth-order valence-corrected chi connectivity index (χ4v) is 2.42. The van der Waals surface area contributed by atoms with Gasteiger partial charge in [0.25, 0.3) is 0 Å². The zero-order valence-corrected chi connectivity index (χ0v) is 11.7. The summed E-state index contributed by atoms with van der Waals surface area (Å²) in [5.41, 5.74) is 3.51. The lowest BCUT2D eigenvalue weighted by Crippen LogP contribution is -2.13. The van der Waals surface area contributed by atoms with Crippen LogP contribution in [0, 0.1) is 5.41 Å². The first-order valence-corrected chi connectivity index (χ1v) is 6.87. The minimum Gasteiger partial charge on any atom is -0.472 e. The molecule has 0 fully saturated rings. The van der Waals surface area contributed by atoms with Crippen molar-refractivity contribution in [1.82, 2.24) is 19.5 Å². The maximum Gasteiger partial charge on any atom is 0.173 e. The van der Waals surface area contributed by atoms with Crippen molar-refractivity contribution < 1.29 is 4.42 Å². The molecule has 0 radical (unpaired) electrons. The molecule has 0 spiro atoms. The monoisotopic (exact) mass is 291 g/mol. The molecule has 0 unspecified atom stereocenters. The number of rotatable bonds is 3. The lowest BCUT2D eigenvalue weighted by atomic mass is 10.2. The molecule has 0 aliphatic carbocycles. The fourth-order valence-electron chi connectivity index (χ4n) is 2.42. The fraction of sp³-hybridized carbons (Fsp3) is 0.0625. The van der Waals surface area contributed by atoms with Crippen LogP contribution >= 0.6 is 0 Å². The molecule has 6 nitrogen and oxygen atoms in total. The number of nitrogens with zero attached hydrogens (tertiary/aromatic N) is 3. The van der Waals surface area contributed by atoms with Gasteiger partial charge in [-0.25, -0.2) is 9.97 Å². The Morgan fingerprint density at radius 1 is 1.18 bits per heavy atom. The van der Waals surface area contributed by atoms with Crippen molar-refractivity contribution in [3.05, 3.63) is 66.3 Å². The zero-order valence-electron chi connectivity index (χ0n) is 11.7. The van der Waals surface area contributed by atoms with E-state index in [0.29, 0.717) is 23.5 Å². The van der Waals surface area contributed by atoms with Gasteiger partial charge in [0.1, 0.15) is 17.6 Å². The Balaban J connectivity index is 1.85. The molecule has 0 aliphatic heterocycles. The van der Waals surface area contributed by atoms with Crippen molar-refractivity contribution in [2.45, 2.75) is 6.54 Å². The van der Waals surface area contributed by atoms with E-state index in [2.05, 4.69) is 27.1 Å². The van der Waals surface area contributed by atoms with Crippen LogP contribution in [-0.2, 0) is 6.54 Å². The van der Waals surface area contributed by atoms with Gasteiger partial charge in [-0.3, -0.25) is 5.41 Å². The second-order valence-corrected chi connectivity index (χ2v) is 5.00. The number of benzene rings is 1. The minimum atomic E-state index is 0.182. The van der Waals surface area contributed by atoms with Crippen molar-refractivity contribution in [2.24, 2.45) is 0 Å². The Morgan fingerprint density at radius 3 is 2.82 bits per heavy atom. The number of hydrogen-bond donors (Lipinski definition) is 2. The summed E-state index contributed by atoms with van der Waals surface area (Å²) in [5, 5.41) is 7.96. The minimum absolute atomic E-state index is 0.182. The van der Waals surface area contributed by atoms with Crippen LogP contribution < -0.4 is 5.49 Å². The second-order valence-electron chi connectivity index (χ2n) is 5.00. The van der Waals surface area contributed by atoms with Crippen LogP contribution in [0.4, 0.5) is 0 Å². The number of aromatic nitrogens is 4. The third kappa shape index (κ3) is 2.10. The van der Waals surface area contributed by atoms with E-state index in [4.69, 9.17) is 9.83 Å². The summed E-state index contributed by atoms with van der Waals surface area (Å²) in [4.78, 5) is 11.9. The van der Waals surface area contributed by atoms with Gasteiger partial charge in [0.15, 0.2) is 11.1 Å². The van der Waals surface area contributed by atoms with Crippen LogP contribution in [-0.4, -0.2) is 19.5 Å². The SMILES string of the molecule is N=c1ncn(Cc2ccccc2)c2nc(-c3ccoc3)[nH]c12. The van der Waals surface area contributed by atoms with Crippen molar-refractivity contribution in [3.8, 4) is 11.4 Å². The topological polar surface area (TPSA) is 83.5 Å². The van der Waals surface area contributed by atoms with Crippen LogP contribution in [0.25, 0.3) is 22.6 Å². The second kappa shape index (κ2) is 5.00. The van der Waals surface area contributed by atoms with Crippen LogP contribution in [0.5, 0.6) is 0 Å². The smallest absolute Gasteiger partial charge is 0.173 e. The molecule has 0 amide bonds. The summed E-state index contributed by atoms with van der Waals surface area (Å²) in [6, 6.07) is 11.9. The number of fused-ring (bicyclic) bond motifs is 1. The van der Waals surface area contributed by atoms with Crippen molar-refractivity contribution in [3.63, 3.8) is 0 Å². The van der Waals surface area contributed by atoms with Gasteiger partial charge in [-0.05, 0) is 11.6 Å². The van der Waals surface area contributed by atoms with E-state index < -0.39 is 0 Å². The van der Waals surface area contributed by atoms with E-state index in [-0.39, 0.29) is 5.49 Å². The van der Waals surface area contributed by atoms with Crippen LogP contribution in [0.1, 0.15) is 5.56 Å². The molecule has 22 heavy (non-hydrogen) atoms. The van der Waals surface area contributed by atoms with Crippen molar-refractivity contribution >= 4 is 11.2 Å². The van der Waals surface area contributed by atoms with E-state index >= 15 is 0 Å². The highest BCUT2D eigenvalue weighted by Gasteiger charge is 2.11. The molecule has 0 saturated heterocycles. The first kappa shape index (κ1) is 12.6. The third-order valence-electron chi connectivity index (χ3n) is 3.51. The molecule has 0 atom stereocenters. The molecule has 3 heterocycles. The molecule has 4 aromatic rings. The normalized spacial score (nSPS) is 11.1. The molecule has 0 saturated carbocycles. The highest BCUT2D eigenvalue weighted by molar-refractivity contribution is 5.74. The van der Waals surface area contributed by atoms with E-state index in [1.165, 1.54) is 0 Å². The van der Waals surface area contributed by atoms with Crippen LogP contribution in [0.15, 0.2) is 59.7 Å².